The third-order valence-corrected chi connectivity index (χ3v) is 3.15. The van der Waals surface area contributed by atoms with Crippen LogP contribution in [0.1, 0.15) is 31.7 Å². The standard InChI is InChI=1S/C17H25NO2/c1-3-5-9-12-18(13-14-20-17(19)4-2)15-16-10-7-6-8-11-16/h4,6-8,10-11H,2-3,5,9,12-15H2,1H3. The number of ether oxygens (including phenoxy) is 1. The maximum atomic E-state index is 11.1. The number of carbonyl (C=O) groups excluding carboxylic acids is 1. The van der Waals surface area contributed by atoms with Crippen LogP contribution in [0.2, 0.25) is 0 Å². The first-order chi connectivity index (χ1) is 9.76. The molecule has 110 valence electrons. The molecule has 3 heteroatoms. The average molecular weight is 275 g/mol. The Morgan fingerprint density at radius 3 is 2.65 bits per heavy atom. The van der Waals surface area contributed by atoms with Gasteiger partial charge >= 0.3 is 5.97 Å². The molecular weight excluding hydrogens is 250 g/mol. The summed E-state index contributed by atoms with van der Waals surface area (Å²) in [5.41, 5.74) is 1.29. The summed E-state index contributed by atoms with van der Waals surface area (Å²) in [5.74, 6) is -0.349. The molecule has 1 rings (SSSR count). The molecule has 0 aromatic heterocycles. The summed E-state index contributed by atoms with van der Waals surface area (Å²) in [6, 6.07) is 10.4. The zero-order chi connectivity index (χ0) is 14.6. The summed E-state index contributed by atoms with van der Waals surface area (Å²) in [5, 5.41) is 0. The second-order valence-electron chi connectivity index (χ2n) is 4.84. The molecule has 3 nitrogen and oxygen atoms in total. The Morgan fingerprint density at radius 2 is 2.00 bits per heavy atom. The van der Waals surface area contributed by atoms with E-state index in [-0.39, 0.29) is 5.97 Å². The van der Waals surface area contributed by atoms with Crippen molar-refractivity contribution >= 4 is 5.97 Å². The van der Waals surface area contributed by atoms with E-state index in [2.05, 4.69) is 42.7 Å². The lowest BCUT2D eigenvalue weighted by Crippen LogP contribution is -2.29. The van der Waals surface area contributed by atoms with Crippen molar-refractivity contribution in [1.82, 2.24) is 4.90 Å². The highest BCUT2D eigenvalue weighted by molar-refractivity contribution is 5.81. The Bertz CT molecular complexity index is 389. The first-order valence-electron chi connectivity index (χ1n) is 7.31. The van der Waals surface area contributed by atoms with Crippen molar-refractivity contribution in [3.8, 4) is 0 Å². The van der Waals surface area contributed by atoms with Crippen molar-refractivity contribution in [2.45, 2.75) is 32.7 Å². The molecule has 1 aromatic rings. The lowest BCUT2D eigenvalue weighted by molar-refractivity contribution is -0.138. The summed E-state index contributed by atoms with van der Waals surface area (Å²) in [4.78, 5) is 13.4. The van der Waals surface area contributed by atoms with E-state index in [0.717, 1.165) is 19.6 Å². The van der Waals surface area contributed by atoms with Crippen molar-refractivity contribution in [3.05, 3.63) is 48.6 Å². The Kier molecular flexibility index (Phi) is 8.40. The van der Waals surface area contributed by atoms with Gasteiger partial charge in [-0.15, -0.1) is 0 Å². The molecule has 0 saturated carbocycles. The smallest absolute Gasteiger partial charge is 0.330 e. The minimum atomic E-state index is -0.349. The van der Waals surface area contributed by atoms with E-state index in [9.17, 15) is 4.79 Å². The van der Waals surface area contributed by atoms with Gasteiger partial charge in [0, 0.05) is 19.2 Å². The predicted molar refractivity (Wildman–Crippen MR) is 82.4 cm³/mol. The third-order valence-electron chi connectivity index (χ3n) is 3.15. The quantitative estimate of drug-likeness (QED) is 0.372. The van der Waals surface area contributed by atoms with Gasteiger partial charge in [0.15, 0.2) is 0 Å². The number of rotatable bonds is 10. The zero-order valence-corrected chi connectivity index (χ0v) is 12.4. The summed E-state index contributed by atoms with van der Waals surface area (Å²) in [6.07, 6.45) is 4.83. The van der Waals surface area contributed by atoms with E-state index in [0.29, 0.717) is 6.61 Å². The van der Waals surface area contributed by atoms with E-state index in [1.54, 1.807) is 0 Å². The van der Waals surface area contributed by atoms with E-state index >= 15 is 0 Å². The van der Waals surface area contributed by atoms with Crippen LogP contribution >= 0.6 is 0 Å². The molecular formula is C17H25NO2. The lowest BCUT2D eigenvalue weighted by atomic mass is 10.2. The van der Waals surface area contributed by atoms with Gasteiger partial charge in [0.2, 0.25) is 0 Å². The van der Waals surface area contributed by atoms with Crippen LogP contribution in [0.4, 0.5) is 0 Å². The number of esters is 1. The molecule has 0 aliphatic heterocycles. The van der Waals surface area contributed by atoms with Gasteiger partial charge in [-0.1, -0.05) is 56.7 Å². The minimum absolute atomic E-state index is 0.349. The fourth-order valence-electron chi connectivity index (χ4n) is 2.03. The lowest BCUT2D eigenvalue weighted by Gasteiger charge is -2.22. The fourth-order valence-corrected chi connectivity index (χ4v) is 2.03. The summed E-state index contributed by atoms with van der Waals surface area (Å²) < 4.78 is 5.07. The van der Waals surface area contributed by atoms with Gasteiger partial charge in [-0.25, -0.2) is 4.79 Å². The molecule has 0 radical (unpaired) electrons. The largest absolute Gasteiger partial charge is 0.461 e. The first kappa shape index (κ1) is 16.4. The van der Waals surface area contributed by atoms with Crippen LogP contribution in [-0.4, -0.2) is 30.6 Å². The molecule has 0 atom stereocenters. The number of unbranched alkanes of at least 4 members (excludes halogenated alkanes) is 2. The Hall–Kier alpha value is -1.61. The van der Waals surface area contributed by atoms with Crippen molar-refractivity contribution in [3.63, 3.8) is 0 Å². The third kappa shape index (κ3) is 7.10. The molecule has 0 aliphatic carbocycles. The van der Waals surface area contributed by atoms with Gasteiger partial charge in [0.05, 0.1) is 0 Å². The number of hydrogen-bond donors (Lipinski definition) is 0. The first-order valence-corrected chi connectivity index (χ1v) is 7.31. The molecule has 0 N–H and O–H groups in total. The van der Waals surface area contributed by atoms with Crippen LogP contribution < -0.4 is 0 Å². The van der Waals surface area contributed by atoms with Crippen LogP contribution in [0.15, 0.2) is 43.0 Å². The van der Waals surface area contributed by atoms with E-state index in [4.69, 9.17) is 4.74 Å². The van der Waals surface area contributed by atoms with Crippen LogP contribution in [0.3, 0.4) is 0 Å². The van der Waals surface area contributed by atoms with E-state index in [1.165, 1.54) is 30.9 Å². The number of carbonyl (C=O) groups is 1. The maximum Gasteiger partial charge on any atom is 0.330 e. The highest BCUT2D eigenvalue weighted by Gasteiger charge is 2.06. The molecule has 0 heterocycles. The molecule has 1 aromatic carbocycles. The van der Waals surface area contributed by atoms with Gasteiger partial charge in [0.1, 0.15) is 6.61 Å². The molecule has 0 saturated heterocycles. The molecule has 0 amide bonds. The van der Waals surface area contributed by atoms with Gasteiger partial charge in [-0.3, -0.25) is 4.90 Å². The molecule has 20 heavy (non-hydrogen) atoms. The SMILES string of the molecule is C=CC(=O)OCCN(CCCCC)Cc1ccccc1. The van der Waals surface area contributed by atoms with Crippen molar-refractivity contribution in [2.24, 2.45) is 0 Å². The van der Waals surface area contributed by atoms with Crippen LogP contribution in [0, 0.1) is 0 Å². The zero-order valence-electron chi connectivity index (χ0n) is 12.4. The van der Waals surface area contributed by atoms with Gasteiger partial charge in [-0.2, -0.15) is 0 Å². The molecule has 0 bridgehead atoms. The molecule has 0 spiro atoms. The van der Waals surface area contributed by atoms with Gasteiger partial charge in [0.25, 0.3) is 0 Å². The topological polar surface area (TPSA) is 29.5 Å². The van der Waals surface area contributed by atoms with Crippen molar-refractivity contribution in [2.75, 3.05) is 19.7 Å². The summed E-state index contributed by atoms with van der Waals surface area (Å²) in [6.45, 7) is 8.72. The molecule has 0 unspecified atom stereocenters. The number of hydrogen-bond acceptors (Lipinski definition) is 3. The predicted octanol–water partition coefficient (Wildman–Crippen LogP) is 3.41. The normalized spacial score (nSPS) is 10.5. The fraction of sp³-hybridized carbons (Fsp3) is 0.471. The Morgan fingerprint density at radius 1 is 1.25 bits per heavy atom. The Labute approximate surface area is 122 Å². The van der Waals surface area contributed by atoms with E-state index in [1.807, 2.05) is 6.07 Å². The van der Waals surface area contributed by atoms with Crippen LogP contribution in [-0.2, 0) is 16.1 Å². The van der Waals surface area contributed by atoms with Crippen molar-refractivity contribution in [1.29, 1.82) is 0 Å². The summed E-state index contributed by atoms with van der Waals surface area (Å²) in [7, 11) is 0. The summed E-state index contributed by atoms with van der Waals surface area (Å²) >= 11 is 0. The van der Waals surface area contributed by atoms with E-state index < -0.39 is 0 Å². The minimum Gasteiger partial charge on any atom is -0.461 e. The highest BCUT2D eigenvalue weighted by atomic mass is 16.5. The molecule has 0 aliphatic rings. The number of nitrogens with zero attached hydrogens (tertiary/aromatic N) is 1. The molecule has 0 fully saturated rings. The second-order valence-corrected chi connectivity index (χ2v) is 4.84. The number of benzene rings is 1. The van der Waals surface area contributed by atoms with Crippen molar-refractivity contribution < 1.29 is 9.53 Å². The highest BCUT2D eigenvalue weighted by Crippen LogP contribution is 2.06. The van der Waals surface area contributed by atoms with Gasteiger partial charge in [-0.05, 0) is 18.5 Å². The maximum absolute atomic E-state index is 11.1. The Balaban J connectivity index is 2.42. The van der Waals surface area contributed by atoms with Crippen LogP contribution in [0.25, 0.3) is 0 Å². The average Bonchev–Trinajstić information content (AvgIpc) is 2.48. The van der Waals surface area contributed by atoms with Crippen LogP contribution in [0.5, 0.6) is 0 Å². The second kappa shape index (κ2) is 10.2. The monoisotopic (exact) mass is 275 g/mol. The van der Waals surface area contributed by atoms with Gasteiger partial charge < -0.3 is 4.74 Å².